The van der Waals surface area contributed by atoms with Crippen molar-refractivity contribution in [3.63, 3.8) is 0 Å². The molecule has 0 atom stereocenters. The summed E-state index contributed by atoms with van der Waals surface area (Å²) in [6.45, 7) is 0.496. The van der Waals surface area contributed by atoms with Gasteiger partial charge in [-0.15, -0.1) is 0 Å². The molecule has 0 aromatic heterocycles. The number of sulfonamides is 1. The maximum absolute atomic E-state index is 12.7. The van der Waals surface area contributed by atoms with Crippen LogP contribution in [0.1, 0.15) is 12.8 Å². The van der Waals surface area contributed by atoms with Crippen LogP contribution in [-0.2, 0) is 14.8 Å². The highest BCUT2D eigenvalue weighted by molar-refractivity contribution is 7.89. The van der Waals surface area contributed by atoms with E-state index in [2.05, 4.69) is 5.32 Å². The first kappa shape index (κ1) is 21.7. The fourth-order valence-corrected chi connectivity index (χ4v) is 5.16. The van der Waals surface area contributed by atoms with Crippen LogP contribution in [0.4, 0.5) is 5.69 Å². The molecule has 0 radical (unpaired) electrons. The molecule has 1 N–H and O–H groups in total. The van der Waals surface area contributed by atoms with Crippen molar-refractivity contribution in [1.29, 1.82) is 0 Å². The summed E-state index contributed by atoms with van der Waals surface area (Å²) < 4.78 is 26.8. The average molecular weight is 482 g/mol. The Labute approximate surface area is 183 Å². The highest BCUT2D eigenvalue weighted by atomic mass is 35.5. The molecule has 1 saturated heterocycles. The number of anilines is 1. The molecule has 0 bridgehead atoms. The third-order valence-corrected chi connectivity index (χ3v) is 7.74. The van der Waals surface area contributed by atoms with E-state index in [9.17, 15) is 13.2 Å². The molecular formula is C18H16Cl4N2O3S. The van der Waals surface area contributed by atoms with Crippen LogP contribution < -0.4 is 5.32 Å². The lowest BCUT2D eigenvalue weighted by atomic mass is 9.97. The van der Waals surface area contributed by atoms with Crippen LogP contribution in [0.15, 0.2) is 41.3 Å². The average Bonchev–Trinajstić information content (AvgIpc) is 2.66. The van der Waals surface area contributed by atoms with Gasteiger partial charge in [0.15, 0.2) is 0 Å². The zero-order valence-corrected chi connectivity index (χ0v) is 18.3. The normalized spacial score (nSPS) is 16.1. The second-order valence-corrected chi connectivity index (χ2v) is 9.96. The second-order valence-electron chi connectivity index (χ2n) is 6.37. The maximum atomic E-state index is 12.7. The smallest absolute Gasteiger partial charge is 0.243 e. The summed E-state index contributed by atoms with van der Waals surface area (Å²) >= 11 is 23.8. The van der Waals surface area contributed by atoms with E-state index in [1.54, 1.807) is 0 Å². The van der Waals surface area contributed by atoms with Gasteiger partial charge in [-0.1, -0.05) is 46.4 Å². The highest BCUT2D eigenvalue weighted by Crippen LogP contribution is 2.33. The third-order valence-electron chi connectivity index (χ3n) is 4.54. The van der Waals surface area contributed by atoms with Crippen molar-refractivity contribution < 1.29 is 13.2 Å². The molecule has 1 aliphatic rings. The number of nitrogens with zero attached hydrogens (tertiary/aromatic N) is 1. The molecule has 2 aromatic rings. The predicted octanol–water partition coefficient (Wildman–Crippen LogP) is 5.34. The van der Waals surface area contributed by atoms with Crippen LogP contribution in [0.25, 0.3) is 0 Å². The minimum atomic E-state index is -3.61. The maximum Gasteiger partial charge on any atom is 0.243 e. The van der Waals surface area contributed by atoms with Gasteiger partial charge < -0.3 is 5.32 Å². The van der Waals surface area contributed by atoms with Crippen molar-refractivity contribution in [2.75, 3.05) is 18.4 Å². The number of rotatable bonds is 4. The van der Waals surface area contributed by atoms with Crippen molar-refractivity contribution in [1.82, 2.24) is 4.31 Å². The quantitative estimate of drug-likeness (QED) is 0.599. The topological polar surface area (TPSA) is 66.5 Å². The van der Waals surface area contributed by atoms with Gasteiger partial charge in [-0.2, -0.15) is 4.31 Å². The van der Waals surface area contributed by atoms with Crippen molar-refractivity contribution in [2.24, 2.45) is 5.92 Å². The van der Waals surface area contributed by atoms with Crippen LogP contribution >= 0.6 is 46.4 Å². The van der Waals surface area contributed by atoms with Gasteiger partial charge in [0.25, 0.3) is 0 Å². The molecule has 150 valence electrons. The summed E-state index contributed by atoms with van der Waals surface area (Å²) in [5.74, 6) is -0.564. The number of amides is 1. The van der Waals surface area contributed by atoms with Gasteiger partial charge in [0.2, 0.25) is 15.9 Å². The van der Waals surface area contributed by atoms with E-state index >= 15 is 0 Å². The summed E-state index contributed by atoms with van der Waals surface area (Å²) in [5.41, 5.74) is 0.372. The zero-order chi connectivity index (χ0) is 20.5. The van der Waals surface area contributed by atoms with E-state index in [4.69, 9.17) is 46.4 Å². The Morgan fingerprint density at radius 1 is 0.929 bits per heavy atom. The van der Waals surface area contributed by atoms with Crippen LogP contribution in [-0.4, -0.2) is 31.7 Å². The molecule has 0 aliphatic carbocycles. The SMILES string of the molecule is O=C(Nc1cc(Cl)c(Cl)cc1Cl)C1CCN(S(=O)(=O)c2ccc(Cl)cc2)CC1. The summed E-state index contributed by atoms with van der Waals surface area (Å²) in [6.07, 6.45) is 0.801. The first-order valence-electron chi connectivity index (χ1n) is 8.39. The number of piperidine rings is 1. The number of benzene rings is 2. The van der Waals surface area contributed by atoms with Gasteiger partial charge in [-0.25, -0.2) is 8.42 Å². The standard InChI is InChI=1S/C18H16Cl4N2O3S/c19-12-1-3-13(4-2-12)28(26,27)24-7-5-11(6-8-24)18(25)23-17-10-15(21)14(20)9-16(17)22/h1-4,9-11H,5-8H2,(H,23,25). The Morgan fingerprint density at radius 3 is 2.11 bits per heavy atom. The Balaban J connectivity index is 1.64. The van der Waals surface area contributed by atoms with Gasteiger partial charge in [0, 0.05) is 24.0 Å². The Hall–Kier alpha value is -1.02. The lowest BCUT2D eigenvalue weighted by molar-refractivity contribution is -0.120. The summed E-state index contributed by atoms with van der Waals surface area (Å²) in [5, 5.41) is 4.07. The van der Waals surface area contributed by atoms with Gasteiger partial charge in [0.05, 0.1) is 25.7 Å². The van der Waals surface area contributed by atoms with Gasteiger partial charge >= 0.3 is 0 Å². The Bertz CT molecular complexity index is 989. The van der Waals surface area contributed by atoms with Gasteiger partial charge in [-0.05, 0) is 49.2 Å². The number of hydrogen-bond donors (Lipinski definition) is 1. The molecule has 10 heteroatoms. The van der Waals surface area contributed by atoms with Crippen molar-refractivity contribution in [3.05, 3.63) is 56.5 Å². The predicted molar refractivity (Wildman–Crippen MR) is 113 cm³/mol. The second kappa shape index (κ2) is 8.78. The summed E-state index contributed by atoms with van der Waals surface area (Å²) in [7, 11) is -3.61. The molecule has 2 aromatic carbocycles. The lowest BCUT2D eigenvalue weighted by Gasteiger charge is -2.30. The molecule has 1 heterocycles. The summed E-state index contributed by atoms with van der Waals surface area (Å²) in [4.78, 5) is 12.7. The molecule has 28 heavy (non-hydrogen) atoms. The first-order valence-corrected chi connectivity index (χ1v) is 11.3. The highest BCUT2D eigenvalue weighted by Gasteiger charge is 2.32. The van der Waals surface area contributed by atoms with Crippen LogP contribution in [0.5, 0.6) is 0 Å². The molecule has 0 spiro atoms. The number of carbonyl (C=O) groups is 1. The van der Waals surface area contributed by atoms with E-state index in [0.29, 0.717) is 28.6 Å². The Kier molecular flexibility index (Phi) is 6.80. The number of hydrogen-bond acceptors (Lipinski definition) is 3. The molecule has 1 aliphatic heterocycles. The minimum absolute atomic E-state index is 0.183. The van der Waals surface area contributed by atoms with E-state index in [1.165, 1.54) is 40.7 Å². The molecule has 3 rings (SSSR count). The fraction of sp³-hybridized carbons (Fsp3) is 0.278. The number of halogens is 4. The first-order chi connectivity index (χ1) is 13.2. The minimum Gasteiger partial charge on any atom is -0.324 e. The van der Waals surface area contributed by atoms with Gasteiger partial charge in [-0.3, -0.25) is 4.79 Å². The fourth-order valence-electron chi connectivity index (χ4n) is 2.97. The molecule has 1 amide bonds. The largest absolute Gasteiger partial charge is 0.324 e. The lowest BCUT2D eigenvalue weighted by Crippen LogP contribution is -2.41. The molecular weight excluding hydrogens is 466 g/mol. The van der Waals surface area contributed by atoms with E-state index in [0.717, 1.165) is 0 Å². The van der Waals surface area contributed by atoms with E-state index in [-0.39, 0.29) is 39.9 Å². The molecule has 0 unspecified atom stereocenters. The Morgan fingerprint density at radius 2 is 1.50 bits per heavy atom. The van der Waals surface area contributed by atoms with Crippen molar-refractivity contribution >= 4 is 68.0 Å². The molecule has 5 nitrogen and oxygen atoms in total. The van der Waals surface area contributed by atoms with E-state index < -0.39 is 10.0 Å². The van der Waals surface area contributed by atoms with E-state index in [1.807, 2.05) is 0 Å². The van der Waals surface area contributed by atoms with Crippen LogP contribution in [0.3, 0.4) is 0 Å². The summed E-state index contributed by atoms with van der Waals surface area (Å²) in [6, 6.07) is 8.98. The molecule has 0 saturated carbocycles. The number of nitrogens with one attached hydrogen (secondary N) is 1. The molecule has 1 fully saturated rings. The number of carbonyl (C=O) groups excluding carboxylic acids is 1. The van der Waals surface area contributed by atoms with Crippen molar-refractivity contribution in [2.45, 2.75) is 17.7 Å². The van der Waals surface area contributed by atoms with Crippen LogP contribution in [0, 0.1) is 5.92 Å². The van der Waals surface area contributed by atoms with Crippen molar-refractivity contribution in [3.8, 4) is 0 Å². The zero-order valence-electron chi connectivity index (χ0n) is 14.5. The monoisotopic (exact) mass is 480 g/mol. The van der Waals surface area contributed by atoms with Gasteiger partial charge in [0.1, 0.15) is 0 Å². The third kappa shape index (κ3) is 4.75. The van der Waals surface area contributed by atoms with Crippen LogP contribution in [0.2, 0.25) is 20.1 Å².